The molecule has 2 N–H and O–H groups in total. The van der Waals surface area contributed by atoms with E-state index in [2.05, 4.69) is 0 Å². The second kappa shape index (κ2) is 4.85. The lowest BCUT2D eigenvalue weighted by Crippen LogP contribution is -2.03. The van der Waals surface area contributed by atoms with Gasteiger partial charge in [0.25, 0.3) is 0 Å². The number of anilines is 1. The fourth-order valence-corrected chi connectivity index (χ4v) is 2.37. The van der Waals surface area contributed by atoms with E-state index in [1.807, 2.05) is 31.2 Å². The lowest BCUT2D eigenvalue weighted by atomic mass is 9.99. The van der Waals surface area contributed by atoms with Gasteiger partial charge in [-0.1, -0.05) is 25.1 Å². The van der Waals surface area contributed by atoms with Gasteiger partial charge >= 0.3 is 0 Å². The molecule has 0 aliphatic rings. The number of carbonyl (C=O) groups excluding carboxylic acids is 1. The Hall–Kier alpha value is -2.55. The molecule has 0 spiro atoms. The summed E-state index contributed by atoms with van der Waals surface area (Å²) in [6.45, 7) is 1.98. The van der Waals surface area contributed by atoms with Gasteiger partial charge in [-0.15, -0.1) is 0 Å². The van der Waals surface area contributed by atoms with Crippen LogP contribution in [0.4, 0.5) is 5.69 Å². The van der Waals surface area contributed by atoms with Crippen LogP contribution in [0.2, 0.25) is 0 Å². The Kier molecular flexibility index (Phi) is 3.03. The second-order valence-electron chi connectivity index (χ2n) is 4.70. The number of ketones is 1. The van der Waals surface area contributed by atoms with Crippen LogP contribution in [0, 0.1) is 0 Å². The Balaban J connectivity index is 2.17. The van der Waals surface area contributed by atoms with E-state index in [0.29, 0.717) is 23.2 Å². The number of furan rings is 1. The Bertz CT molecular complexity index is 769. The van der Waals surface area contributed by atoms with Gasteiger partial charge in [-0.25, -0.2) is 0 Å². The van der Waals surface area contributed by atoms with Crippen LogP contribution in [0.1, 0.15) is 28.6 Å². The van der Waals surface area contributed by atoms with Gasteiger partial charge in [0.05, 0.1) is 5.56 Å². The summed E-state index contributed by atoms with van der Waals surface area (Å²) in [5, 5.41) is 0.867. The molecule has 3 nitrogen and oxygen atoms in total. The molecule has 0 atom stereocenters. The molecular formula is C17H15NO2. The monoisotopic (exact) mass is 265 g/mol. The second-order valence-corrected chi connectivity index (χ2v) is 4.70. The van der Waals surface area contributed by atoms with Crippen molar-refractivity contribution in [2.45, 2.75) is 13.3 Å². The molecule has 0 amide bonds. The molecule has 0 bridgehead atoms. The van der Waals surface area contributed by atoms with E-state index in [1.165, 1.54) is 0 Å². The SMILES string of the molecule is CCc1oc2ccccc2c1C(=O)c1ccc(N)cc1. The van der Waals surface area contributed by atoms with E-state index in [4.69, 9.17) is 10.2 Å². The van der Waals surface area contributed by atoms with Gasteiger partial charge in [-0.2, -0.15) is 0 Å². The van der Waals surface area contributed by atoms with Crippen molar-refractivity contribution in [2.24, 2.45) is 0 Å². The van der Waals surface area contributed by atoms with Crippen LogP contribution in [0.3, 0.4) is 0 Å². The number of carbonyl (C=O) groups is 1. The molecule has 3 heteroatoms. The Morgan fingerprint density at radius 2 is 1.80 bits per heavy atom. The first-order chi connectivity index (χ1) is 9.70. The van der Waals surface area contributed by atoms with E-state index in [0.717, 1.165) is 16.7 Å². The van der Waals surface area contributed by atoms with E-state index in [-0.39, 0.29) is 5.78 Å². The van der Waals surface area contributed by atoms with Crippen molar-refractivity contribution >= 4 is 22.4 Å². The van der Waals surface area contributed by atoms with Crippen molar-refractivity contribution < 1.29 is 9.21 Å². The molecule has 3 rings (SSSR count). The average molecular weight is 265 g/mol. The largest absolute Gasteiger partial charge is 0.460 e. The number of para-hydroxylation sites is 1. The first-order valence-corrected chi connectivity index (χ1v) is 6.61. The molecule has 1 aromatic heterocycles. The van der Waals surface area contributed by atoms with Crippen molar-refractivity contribution in [3.63, 3.8) is 0 Å². The highest BCUT2D eigenvalue weighted by molar-refractivity contribution is 6.16. The van der Waals surface area contributed by atoms with Crippen molar-refractivity contribution in [2.75, 3.05) is 5.73 Å². The normalized spacial score (nSPS) is 10.8. The molecule has 2 aromatic carbocycles. The van der Waals surface area contributed by atoms with Crippen LogP contribution < -0.4 is 5.73 Å². The summed E-state index contributed by atoms with van der Waals surface area (Å²) < 4.78 is 5.77. The van der Waals surface area contributed by atoms with Gasteiger partial charge in [0.2, 0.25) is 0 Å². The summed E-state index contributed by atoms with van der Waals surface area (Å²) >= 11 is 0. The predicted molar refractivity (Wildman–Crippen MR) is 79.9 cm³/mol. The number of hydrogen-bond acceptors (Lipinski definition) is 3. The Morgan fingerprint density at radius 1 is 1.10 bits per heavy atom. The lowest BCUT2D eigenvalue weighted by molar-refractivity contribution is 0.103. The molecule has 20 heavy (non-hydrogen) atoms. The molecule has 0 unspecified atom stereocenters. The summed E-state index contributed by atoms with van der Waals surface area (Å²) in [5.41, 5.74) is 8.35. The number of fused-ring (bicyclic) bond motifs is 1. The highest BCUT2D eigenvalue weighted by Crippen LogP contribution is 2.28. The third-order valence-corrected chi connectivity index (χ3v) is 3.39. The minimum Gasteiger partial charge on any atom is -0.460 e. The quantitative estimate of drug-likeness (QED) is 0.578. The van der Waals surface area contributed by atoms with Crippen LogP contribution in [0.5, 0.6) is 0 Å². The van der Waals surface area contributed by atoms with Crippen molar-refractivity contribution in [1.82, 2.24) is 0 Å². The third kappa shape index (κ3) is 1.97. The predicted octanol–water partition coefficient (Wildman–Crippen LogP) is 3.81. The van der Waals surface area contributed by atoms with Gasteiger partial charge in [0.15, 0.2) is 5.78 Å². The number of nitrogens with two attached hydrogens (primary N) is 1. The van der Waals surface area contributed by atoms with Gasteiger partial charge < -0.3 is 10.2 Å². The number of hydrogen-bond donors (Lipinski definition) is 1. The molecule has 1 heterocycles. The molecule has 0 aliphatic carbocycles. The zero-order chi connectivity index (χ0) is 14.1. The topological polar surface area (TPSA) is 56.2 Å². The molecule has 100 valence electrons. The van der Waals surface area contributed by atoms with E-state index >= 15 is 0 Å². The molecule has 0 saturated carbocycles. The van der Waals surface area contributed by atoms with E-state index in [1.54, 1.807) is 24.3 Å². The van der Waals surface area contributed by atoms with Crippen LogP contribution in [-0.2, 0) is 6.42 Å². The molecular weight excluding hydrogens is 250 g/mol. The maximum atomic E-state index is 12.7. The number of nitrogen functional groups attached to an aromatic ring is 1. The zero-order valence-corrected chi connectivity index (χ0v) is 11.2. The van der Waals surface area contributed by atoms with Gasteiger partial charge in [0, 0.05) is 23.1 Å². The maximum absolute atomic E-state index is 12.7. The molecule has 0 radical (unpaired) electrons. The summed E-state index contributed by atoms with van der Waals surface area (Å²) in [6, 6.07) is 14.6. The Morgan fingerprint density at radius 3 is 2.50 bits per heavy atom. The Labute approximate surface area is 117 Å². The van der Waals surface area contributed by atoms with Gasteiger partial charge in [-0.3, -0.25) is 4.79 Å². The average Bonchev–Trinajstić information content (AvgIpc) is 2.85. The minimum atomic E-state index is -0.0215. The van der Waals surface area contributed by atoms with Crippen molar-refractivity contribution in [1.29, 1.82) is 0 Å². The number of benzene rings is 2. The van der Waals surface area contributed by atoms with Crippen LogP contribution >= 0.6 is 0 Å². The minimum absolute atomic E-state index is 0.0215. The smallest absolute Gasteiger partial charge is 0.197 e. The fraction of sp³-hybridized carbons (Fsp3) is 0.118. The molecule has 0 saturated heterocycles. The summed E-state index contributed by atoms with van der Waals surface area (Å²) in [6.07, 6.45) is 0.685. The van der Waals surface area contributed by atoms with Crippen LogP contribution in [-0.4, -0.2) is 5.78 Å². The number of aryl methyl sites for hydroxylation is 1. The van der Waals surface area contributed by atoms with E-state index < -0.39 is 0 Å². The molecule has 3 aromatic rings. The lowest BCUT2D eigenvalue weighted by Gasteiger charge is -2.02. The summed E-state index contributed by atoms with van der Waals surface area (Å²) in [7, 11) is 0. The molecule has 0 fully saturated rings. The highest BCUT2D eigenvalue weighted by Gasteiger charge is 2.20. The third-order valence-electron chi connectivity index (χ3n) is 3.39. The van der Waals surface area contributed by atoms with Gasteiger partial charge in [-0.05, 0) is 30.3 Å². The zero-order valence-electron chi connectivity index (χ0n) is 11.2. The van der Waals surface area contributed by atoms with Crippen LogP contribution in [0.25, 0.3) is 11.0 Å². The van der Waals surface area contributed by atoms with Crippen LogP contribution in [0.15, 0.2) is 52.9 Å². The maximum Gasteiger partial charge on any atom is 0.197 e. The first kappa shape index (κ1) is 12.5. The van der Waals surface area contributed by atoms with Gasteiger partial charge in [0.1, 0.15) is 11.3 Å². The highest BCUT2D eigenvalue weighted by atomic mass is 16.3. The standard InChI is InChI=1S/C17H15NO2/c1-2-14-16(13-5-3-4-6-15(13)20-14)17(19)11-7-9-12(18)10-8-11/h3-10H,2,18H2,1H3. The van der Waals surface area contributed by atoms with Crippen molar-refractivity contribution in [3.8, 4) is 0 Å². The number of rotatable bonds is 3. The summed E-state index contributed by atoms with van der Waals surface area (Å²) in [5.74, 6) is 0.708. The van der Waals surface area contributed by atoms with E-state index in [9.17, 15) is 4.79 Å². The van der Waals surface area contributed by atoms with Crippen molar-refractivity contribution in [3.05, 3.63) is 65.4 Å². The fourth-order valence-electron chi connectivity index (χ4n) is 2.37. The first-order valence-electron chi connectivity index (χ1n) is 6.61. The molecule has 0 aliphatic heterocycles. The summed E-state index contributed by atoms with van der Waals surface area (Å²) in [4.78, 5) is 12.7.